The van der Waals surface area contributed by atoms with Crippen molar-refractivity contribution >= 4 is 23.3 Å². The zero-order valence-corrected chi connectivity index (χ0v) is 12.9. The summed E-state index contributed by atoms with van der Waals surface area (Å²) in [5.74, 6) is 0.395. The lowest BCUT2D eigenvalue weighted by atomic mass is 9.93. The molecule has 0 amide bonds. The molecule has 0 N–H and O–H groups in total. The van der Waals surface area contributed by atoms with Gasteiger partial charge in [0, 0.05) is 30.2 Å². The van der Waals surface area contributed by atoms with Crippen molar-refractivity contribution in [2.75, 3.05) is 24.6 Å². The number of piperidine rings is 1. The number of carbonyl (C=O) groups is 1. The number of carbonyl (C=O) groups excluding carboxylic acids is 1. The minimum Gasteiger partial charge on any atom is -0.466 e. The number of anilines is 1. The fourth-order valence-corrected chi connectivity index (χ4v) is 3.03. The van der Waals surface area contributed by atoms with Gasteiger partial charge in [0.15, 0.2) is 0 Å². The van der Waals surface area contributed by atoms with E-state index in [1.807, 2.05) is 19.1 Å². The second-order valence-corrected chi connectivity index (χ2v) is 5.81. The Labute approximate surface area is 125 Å². The van der Waals surface area contributed by atoms with Gasteiger partial charge in [-0.1, -0.05) is 11.6 Å². The Hall–Kier alpha value is -1.22. The molecule has 20 heavy (non-hydrogen) atoms. The van der Waals surface area contributed by atoms with Gasteiger partial charge in [-0.25, -0.2) is 0 Å². The number of aryl methyl sites for hydroxylation is 1. The molecule has 0 aromatic heterocycles. The van der Waals surface area contributed by atoms with Crippen LogP contribution in [-0.2, 0) is 9.53 Å². The third kappa shape index (κ3) is 3.89. The molecule has 110 valence electrons. The molecular weight excluding hydrogens is 274 g/mol. The molecule has 1 aromatic carbocycles. The molecule has 1 aliphatic heterocycles. The van der Waals surface area contributed by atoms with Gasteiger partial charge in [-0.15, -0.1) is 0 Å². The van der Waals surface area contributed by atoms with E-state index in [1.54, 1.807) is 0 Å². The zero-order valence-electron chi connectivity index (χ0n) is 12.2. The standard InChI is InChI=1S/C16H22ClNO2/c1-3-20-16(19)11-13-6-8-18(9-7-13)15-5-4-14(17)10-12(15)2/h4-5,10,13H,3,6-9,11H2,1-2H3. The summed E-state index contributed by atoms with van der Waals surface area (Å²) in [5.41, 5.74) is 2.46. The van der Waals surface area contributed by atoms with E-state index in [9.17, 15) is 4.79 Å². The third-order valence-electron chi connectivity index (χ3n) is 3.87. The van der Waals surface area contributed by atoms with Crippen LogP contribution >= 0.6 is 11.6 Å². The number of nitrogens with zero attached hydrogens (tertiary/aromatic N) is 1. The number of halogens is 1. The van der Waals surface area contributed by atoms with Gasteiger partial charge < -0.3 is 9.64 Å². The van der Waals surface area contributed by atoms with Crippen molar-refractivity contribution in [2.24, 2.45) is 5.92 Å². The van der Waals surface area contributed by atoms with E-state index < -0.39 is 0 Å². The maximum Gasteiger partial charge on any atom is 0.306 e. The second kappa shape index (κ2) is 6.98. The molecular formula is C16H22ClNO2. The van der Waals surface area contributed by atoms with Crippen LogP contribution in [0.25, 0.3) is 0 Å². The monoisotopic (exact) mass is 295 g/mol. The van der Waals surface area contributed by atoms with Crippen molar-refractivity contribution in [1.29, 1.82) is 0 Å². The normalized spacial score (nSPS) is 16.2. The van der Waals surface area contributed by atoms with Crippen molar-refractivity contribution in [2.45, 2.75) is 33.1 Å². The molecule has 4 heteroatoms. The van der Waals surface area contributed by atoms with Crippen molar-refractivity contribution in [3.63, 3.8) is 0 Å². The molecule has 1 fully saturated rings. The molecule has 0 unspecified atom stereocenters. The van der Waals surface area contributed by atoms with Crippen LogP contribution in [0.4, 0.5) is 5.69 Å². The lowest BCUT2D eigenvalue weighted by molar-refractivity contribution is -0.144. The quantitative estimate of drug-likeness (QED) is 0.791. The molecule has 1 aliphatic rings. The van der Waals surface area contributed by atoms with Gasteiger partial charge in [0.2, 0.25) is 0 Å². The van der Waals surface area contributed by atoms with Gasteiger partial charge >= 0.3 is 5.97 Å². The highest BCUT2D eigenvalue weighted by molar-refractivity contribution is 6.30. The van der Waals surface area contributed by atoms with Crippen LogP contribution in [0.5, 0.6) is 0 Å². The molecule has 3 nitrogen and oxygen atoms in total. The van der Waals surface area contributed by atoms with Crippen molar-refractivity contribution in [3.05, 3.63) is 28.8 Å². The van der Waals surface area contributed by atoms with Crippen LogP contribution in [0.1, 0.15) is 31.7 Å². The minimum atomic E-state index is -0.0615. The van der Waals surface area contributed by atoms with Crippen LogP contribution in [0.2, 0.25) is 5.02 Å². The van der Waals surface area contributed by atoms with Crippen LogP contribution in [0.3, 0.4) is 0 Å². The maximum absolute atomic E-state index is 11.5. The molecule has 2 rings (SSSR count). The minimum absolute atomic E-state index is 0.0615. The third-order valence-corrected chi connectivity index (χ3v) is 4.11. The summed E-state index contributed by atoms with van der Waals surface area (Å²) in [5, 5.41) is 0.781. The molecule has 0 spiro atoms. The van der Waals surface area contributed by atoms with E-state index in [0.29, 0.717) is 18.9 Å². The van der Waals surface area contributed by atoms with Gasteiger partial charge in [0.1, 0.15) is 0 Å². The fourth-order valence-electron chi connectivity index (χ4n) is 2.81. The average Bonchev–Trinajstić information content (AvgIpc) is 2.40. The smallest absolute Gasteiger partial charge is 0.306 e. The predicted molar refractivity (Wildman–Crippen MR) is 82.4 cm³/mol. The molecule has 1 aromatic rings. The second-order valence-electron chi connectivity index (χ2n) is 5.37. The predicted octanol–water partition coefficient (Wildman–Crippen LogP) is 3.82. The Morgan fingerprint density at radius 3 is 2.70 bits per heavy atom. The molecule has 1 heterocycles. The number of benzene rings is 1. The molecule has 0 bridgehead atoms. The summed E-state index contributed by atoms with van der Waals surface area (Å²) in [6.45, 7) is 6.40. The zero-order chi connectivity index (χ0) is 14.5. The number of hydrogen-bond donors (Lipinski definition) is 0. The first-order chi connectivity index (χ1) is 9.60. The van der Waals surface area contributed by atoms with Gasteiger partial charge in [-0.05, 0) is 56.4 Å². The van der Waals surface area contributed by atoms with E-state index in [4.69, 9.17) is 16.3 Å². The molecule has 0 radical (unpaired) electrons. The van der Waals surface area contributed by atoms with Crippen LogP contribution < -0.4 is 4.90 Å². The molecule has 0 saturated carbocycles. The summed E-state index contributed by atoms with van der Waals surface area (Å²) in [6, 6.07) is 6.03. The summed E-state index contributed by atoms with van der Waals surface area (Å²) >= 11 is 6.00. The average molecular weight is 296 g/mol. The van der Waals surface area contributed by atoms with Crippen LogP contribution in [-0.4, -0.2) is 25.7 Å². The first-order valence-corrected chi connectivity index (χ1v) is 7.64. The molecule has 0 atom stereocenters. The van der Waals surface area contributed by atoms with Crippen molar-refractivity contribution in [3.8, 4) is 0 Å². The number of rotatable bonds is 4. The van der Waals surface area contributed by atoms with E-state index >= 15 is 0 Å². The van der Waals surface area contributed by atoms with E-state index in [0.717, 1.165) is 31.0 Å². The van der Waals surface area contributed by atoms with Gasteiger partial charge in [0.25, 0.3) is 0 Å². The Bertz CT molecular complexity index is 468. The van der Waals surface area contributed by atoms with E-state index in [1.165, 1.54) is 11.3 Å². The molecule has 0 aliphatic carbocycles. The maximum atomic E-state index is 11.5. The SMILES string of the molecule is CCOC(=O)CC1CCN(c2ccc(Cl)cc2C)CC1. The Kier molecular flexibility index (Phi) is 5.30. The highest BCUT2D eigenvalue weighted by Crippen LogP contribution is 2.29. The fraction of sp³-hybridized carbons (Fsp3) is 0.562. The summed E-state index contributed by atoms with van der Waals surface area (Å²) in [6.07, 6.45) is 2.64. The van der Waals surface area contributed by atoms with Gasteiger partial charge in [0.05, 0.1) is 6.61 Å². The lowest BCUT2D eigenvalue weighted by Crippen LogP contribution is -2.34. The highest BCUT2D eigenvalue weighted by Gasteiger charge is 2.22. The number of esters is 1. The first kappa shape index (κ1) is 15.2. The molecule has 1 saturated heterocycles. The summed E-state index contributed by atoms with van der Waals surface area (Å²) in [7, 11) is 0. The largest absolute Gasteiger partial charge is 0.466 e. The summed E-state index contributed by atoms with van der Waals surface area (Å²) < 4.78 is 5.02. The van der Waals surface area contributed by atoms with E-state index in [-0.39, 0.29) is 5.97 Å². The number of ether oxygens (including phenoxy) is 1. The van der Waals surface area contributed by atoms with Gasteiger partial charge in [-0.3, -0.25) is 4.79 Å². The Morgan fingerprint density at radius 1 is 1.40 bits per heavy atom. The van der Waals surface area contributed by atoms with Crippen molar-refractivity contribution in [1.82, 2.24) is 0 Å². The Morgan fingerprint density at radius 2 is 2.10 bits per heavy atom. The first-order valence-electron chi connectivity index (χ1n) is 7.27. The van der Waals surface area contributed by atoms with Crippen LogP contribution in [0.15, 0.2) is 18.2 Å². The lowest BCUT2D eigenvalue weighted by Gasteiger charge is -2.34. The van der Waals surface area contributed by atoms with E-state index in [2.05, 4.69) is 17.9 Å². The van der Waals surface area contributed by atoms with Crippen LogP contribution in [0, 0.1) is 12.8 Å². The topological polar surface area (TPSA) is 29.5 Å². The number of hydrogen-bond acceptors (Lipinski definition) is 3. The summed E-state index contributed by atoms with van der Waals surface area (Å²) in [4.78, 5) is 13.9. The highest BCUT2D eigenvalue weighted by atomic mass is 35.5. The van der Waals surface area contributed by atoms with Gasteiger partial charge in [-0.2, -0.15) is 0 Å². The van der Waals surface area contributed by atoms with Crippen molar-refractivity contribution < 1.29 is 9.53 Å². The Balaban J connectivity index is 1.89.